The molecule has 26 heavy (non-hydrogen) atoms. The van der Waals surface area contributed by atoms with Crippen molar-refractivity contribution in [3.05, 3.63) is 76.3 Å². The van der Waals surface area contributed by atoms with Gasteiger partial charge in [0.1, 0.15) is 0 Å². The Morgan fingerprint density at radius 3 is 2.54 bits per heavy atom. The monoisotopic (exact) mass is 350 g/mol. The van der Waals surface area contributed by atoms with E-state index in [9.17, 15) is 14.7 Å². The average Bonchev–Trinajstić information content (AvgIpc) is 2.89. The molecular weight excluding hydrogens is 328 g/mol. The SMILES string of the molecule is CCC(=O)C1=C(O)C(=O)N(Cc2cc(C)ccc2C)C1c1ccncc1. The minimum Gasteiger partial charge on any atom is -0.503 e. The molecule has 5 heteroatoms. The van der Waals surface area contributed by atoms with Crippen molar-refractivity contribution in [2.45, 2.75) is 39.8 Å². The standard InChI is InChI=1S/C21H22N2O3/c1-4-17(24)18-19(15-7-9-22-10-8-15)23(21(26)20(18)25)12-16-11-13(2)5-6-14(16)3/h5-11,19,25H,4,12H2,1-3H3. The van der Waals surface area contributed by atoms with Crippen LogP contribution < -0.4 is 0 Å². The first-order valence-electron chi connectivity index (χ1n) is 8.67. The number of rotatable bonds is 5. The number of aryl methyl sites for hydroxylation is 2. The van der Waals surface area contributed by atoms with E-state index >= 15 is 0 Å². The number of nitrogens with zero attached hydrogens (tertiary/aromatic N) is 2. The molecule has 3 rings (SSSR count). The van der Waals surface area contributed by atoms with Gasteiger partial charge in [0.25, 0.3) is 5.91 Å². The molecule has 1 atom stereocenters. The third-order valence-electron chi connectivity index (χ3n) is 4.79. The number of Topliss-reactive ketones (excluding diaryl/α,β-unsaturated/α-hetero) is 1. The highest BCUT2D eigenvalue weighted by molar-refractivity contribution is 6.08. The molecular formula is C21H22N2O3. The van der Waals surface area contributed by atoms with E-state index in [1.54, 1.807) is 36.4 Å². The first kappa shape index (κ1) is 17.9. The number of aliphatic hydroxyl groups excluding tert-OH is 1. The van der Waals surface area contributed by atoms with Crippen LogP contribution in [0.1, 0.15) is 41.6 Å². The summed E-state index contributed by atoms with van der Waals surface area (Å²) in [7, 11) is 0. The van der Waals surface area contributed by atoms with Gasteiger partial charge < -0.3 is 10.0 Å². The highest BCUT2D eigenvalue weighted by Gasteiger charge is 2.42. The van der Waals surface area contributed by atoms with E-state index in [1.807, 2.05) is 32.0 Å². The Balaban J connectivity index is 2.07. The normalized spacial score (nSPS) is 17.1. The van der Waals surface area contributed by atoms with Gasteiger partial charge in [-0.1, -0.05) is 30.7 Å². The molecule has 5 nitrogen and oxygen atoms in total. The maximum absolute atomic E-state index is 12.8. The number of benzene rings is 1. The summed E-state index contributed by atoms with van der Waals surface area (Å²) in [6, 6.07) is 9.01. The lowest BCUT2D eigenvalue weighted by molar-refractivity contribution is -0.130. The van der Waals surface area contributed by atoms with Crippen LogP contribution in [0.4, 0.5) is 0 Å². The van der Waals surface area contributed by atoms with Gasteiger partial charge >= 0.3 is 0 Å². The molecule has 1 amide bonds. The molecule has 0 saturated carbocycles. The molecule has 2 aromatic rings. The zero-order valence-electron chi connectivity index (χ0n) is 15.2. The second-order valence-corrected chi connectivity index (χ2v) is 6.59. The fourth-order valence-electron chi connectivity index (χ4n) is 3.34. The largest absolute Gasteiger partial charge is 0.503 e. The van der Waals surface area contributed by atoms with Crippen LogP contribution in [0.2, 0.25) is 0 Å². The van der Waals surface area contributed by atoms with E-state index in [2.05, 4.69) is 4.98 Å². The molecule has 1 unspecified atom stereocenters. The van der Waals surface area contributed by atoms with Gasteiger partial charge in [-0.2, -0.15) is 0 Å². The van der Waals surface area contributed by atoms with Crippen molar-refractivity contribution in [3.8, 4) is 0 Å². The molecule has 0 aliphatic carbocycles. The van der Waals surface area contributed by atoms with Crippen molar-refractivity contribution in [3.63, 3.8) is 0 Å². The number of hydrogen-bond acceptors (Lipinski definition) is 4. The Labute approximate surface area is 153 Å². The number of amides is 1. The summed E-state index contributed by atoms with van der Waals surface area (Å²) in [5, 5.41) is 10.4. The zero-order chi connectivity index (χ0) is 18.8. The van der Waals surface area contributed by atoms with Gasteiger partial charge in [-0.05, 0) is 42.7 Å². The van der Waals surface area contributed by atoms with Gasteiger partial charge in [0, 0.05) is 25.4 Å². The Kier molecular flexibility index (Phi) is 4.89. The fraction of sp³-hybridized carbons (Fsp3) is 0.286. The molecule has 134 valence electrons. The third-order valence-corrected chi connectivity index (χ3v) is 4.79. The van der Waals surface area contributed by atoms with E-state index in [4.69, 9.17) is 0 Å². The van der Waals surface area contributed by atoms with E-state index < -0.39 is 17.7 Å². The lowest BCUT2D eigenvalue weighted by Gasteiger charge is -2.27. The number of hydrogen-bond donors (Lipinski definition) is 1. The summed E-state index contributed by atoms with van der Waals surface area (Å²) < 4.78 is 0. The van der Waals surface area contributed by atoms with Gasteiger partial charge in [0.05, 0.1) is 11.6 Å². The van der Waals surface area contributed by atoms with E-state index in [0.29, 0.717) is 6.54 Å². The van der Waals surface area contributed by atoms with Crippen LogP contribution >= 0.6 is 0 Å². The van der Waals surface area contributed by atoms with Crippen molar-refractivity contribution in [1.29, 1.82) is 0 Å². The van der Waals surface area contributed by atoms with Crippen LogP contribution in [-0.2, 0) is 16.1 Å². The second-order valence-electron chi connectivity index (χ2n) is 6.59. The summed E-state index contributed by atoms with van der Waals surface area (Å²) in [5.41, 5.74) is 4.09. The van der Waals surface area contributed by atoms with Crippen LogP contribution in [0.3, 0.4) is 0 Å². The predicted octanol–water partition coefficient (Wildman–Crippen LogP) is 3.57. The number of aliphatic hydroxyl groups is 1. The summed E-state index contributed by atoms with van der Waals surface area (Å²) in [6.07, 6.45) is 3.48. The van der Waals surface area contributed by atoms with Crippen molar-refractivity contribution >= 4 is 11.7 Å². The topological polar surface area (TPSA) is 70.5 Å². The molecule has 1 aliphatic heterocycles. The Morgan fingerprint density at radius 2 is 1.88 bits per heavy atom. The van der Waals surface area contributed by atoms with Gasteiger partial charge in [0.15, 0.2) is 11.5 Å². The predicted molar refractivity (Wildman–Crippen MR) is 98.4 cm³/mol. The minimum absolute atomic E-state index is 0.175. The summed E-state index contributed by atoms with van der Waals surface area (Å²) in [6.45, 7) is 6.03. The van der Waals surface area contributed by atoms with E-state index in [0.717, 1.165) is 22.3 Å². The Morgan fingerprint density at radius 1 is 1.19 bits per heavy atom. The lowest BCUT2D eigenvalue weighted by atomic mass is 9.95. The molecule has 0 spiro atoms. The van der Waals surface area contributed by atoms with Crippen molar-refractivity contribution < 1.29 is 14.7 Å². The van der Waals surface area contributed by atoms with E-state index in [1.165, 1.54) is 0 Å². The molecule has 1 N–H and O–H groups in total. The number of aromatic nitrogens is 1. The fourth-order valence-corrected chi connectivity index (χ4v) is 3.34. The molecule has 0 fully saturated rings. The van der Waals surface area contributed by atoms with Crippen LogP contribution in [0.5, 0.6) is 0 Å². The lowest BCUT2D eigenvalue weighted by Crippen LogP contribution is -2.31. The van der Waals surface area contributed by atoms with E-state index in [-0.39, 0.29) is 17.8 Å². The molecule has 1 aliphatic rings. The maximum atomic E-state index is 12.8. The van der Waals surface area contributed by atoms with Crippen molar-refractivity contribution in [1.82, 2.24) is 9.88 Å². The highest BCUT2D eigenvalue weighted by atomic mass is 16.3. The van der Waals surface area contributed by atoms with Crippen LogP contribution in [0.25, 0.3) is 0 Å². The summed E-state index contributed by atoms with van der Waals surface area (Å²) in [4.78, 5) is 30.8. The van der Waals surface area contributed by atoms with Crippen LogP contribution in [0, 0.1) is 13.8 Å². The van der Waals surface area contributed by atoms with Gasteiger partial charge in [-0.15, -0.1) is 0 Å². The zero-order valence-corrected chi connectivity index (χ0v) is 15.2. The minimum atomic E-state index is -0.599. The highest BCUT2D eigenvalue weighted by Crippen LogP contribution is 2.39. The maximum Gasteiger partial charge on any atom is 0.290 e. The number of ketones is 1. The number of pyridine rings is 1. The molecule has 0 saturated heterocycles. The quantitative estimate of drug-likeness (QED) is 0.895. The molecule has 0 radical (unpaired) electrons. The van der Waals surface area contributed by atoms with Crippen molar-refractivity contribution in [2.24, 2.45) is 0 Å². The Hall–Kier alpha value is -2.95. The third kappa shape index (κ3) is 3.12. The van der Waals surface area contributed by atoms with Gasteiger partial charge in [-0.25, -0.2) is 0 Å². The smallest absolute Gasteiger partial charge is 0.290 e. The first-order chi connectivity index (χ1) is 12.4. The summed E-state index contributed by atoms with van der Waals surface area (Å²) >= 11 is 0. The molecule has 1 aromatic heterocycles. The number of carbonyl (C=O) groups excluding carboxylic acids is 2. The van der Waals surface area contributed by atoms with Gasteiger partial charge in [-0.3, -0.25) is 14.6 Å². The molecule has 0 bridgehead atoms. The van der Waals surface area contributed by atoms with Gasteiger partial charge in [0.2, 0.25) is 0 Å². The van der Waals surface area contributed by atoms with Crippen LogP contribution in [0.15, 0.2) is 54.1 Å². The average molecular weight is 350 g/mol. The Bertz CT molecular complexity index is 887. The second kappa shape index (κ2) is 7.12. The molecule has 1 aromatic carbocycles. The van der Waals surface area contributed by atoms with Crippen molar-refractivity contribution in [2.75, 3.05) is 0 Å². The number of carbonyl (C=O) groups is 2. The summed E-state index contributed by atoms with van der Waals surface area (Å²) in [5.74, 6) is -1.17. The first-order valence-corrected chi connectivity index (χ1v) is 8.67. The van der Waals surface area contributed by atoms with Crippen LogP contribution in [-0.4, -0.2) is 26.7 Å². The molecule has 2 heterocycles.